The molecule has 0 bridgehead atoms. The van der Waals surface area contributed by atoms with Gasteiger partial charge >= 0.3 is 0 Å². The van der Waals surface area contributed by atoms with Crippen LogP contribution in [0.5, 0.6) is 0 Å². The molecule has 1 N–H and O–H groups in total. The van der Waals surface area contributed by atoms with Gasteiger partial charge in [0.05, 0.1) is 0 Å². The molecule has 0 spiro atoms. The fourth-order valence-corrected chi connectivity index (χ4v) is 3.12. The van der Waals surface area contributed by atoms with Gasteiger partial charge in [0.25, 0.3) is 0 Å². The molecule has 1 aromatic heterocycles. The molecule has 5 heteroatoms. The van der Waals surface area contributed by atoms with Gasteiger partial charge in [0.15, 0.2) is 0 Å². The Morgan fingerprint density at radius 1 is 1.23 bits per heavy atom. The number of carbonyl (C=O) groups is 2. The molecule has 2 heterocycles. The fourth-order valence-electron chi connectivity index (χ4n) is 3.12. The Kier molecular flexibility index (Phi) is 4.13. The number of carbonyl (C=O) groups excluding carboxylic acids is 2. The lowest BCUT2D eigenvalue weighted by Crippen LogP contribution is -2.48. The van der Waals surface area contributed by atoms with E-state index in [9.17, 15) is 9.59 Å². The van der Waals surface area contributed by atoms with E-state index in [0.717, 1.165) is 24.0 Å². The molecule has 3 rings (SSSR count). The van der Waals surface area contributed by atoms with E-state index in [1.54, 1.807) is 4.90 Å². The summed E-state index contributed by atoms with van der Waals surface area (Å²) in [5, 5.41) is 1.21. The quantitative estimate of drug-likeness (QED) is 0.874. The van der Waals surface area contributed by atoms with Gasteiger partial charge in [0.1, 0.15) is 0 Å². The zero-order valence-corrected chi connectivity index (χ0v) is 12.8. The maximum absolute atomic E-state index is 12.3. The summed E-state index contributed by atoms with van der Waals surface area (Å²) in [5.41, 5.74) is 3.50. The molecule has 2 amide bonds. The SMILES string of the molecule is Cc1[nH]c2ccccc2c1CCC(=O)N1CCN(C=O)CC1. The number of aromatic nitrogens is 1. The third kappa shape index (κ3) is 2.84. The molecule has 1 saturated heterocycles. The van der Waals surface area contributed by atoms with E-state index in [4.69, 9.17) is 0 Å². The van der Waals surface area contributed by atoms with E-state index >= 15 is 0 Å². The van der Waals surface area contributed by atoms with Crippen molar-refractivity contribution in [3.05, 3.63) is 35.5 Å². The van der Waals surface area contributed by atoms with Crippen LogP contribution in [0.2, 0.25) is 0 Å². The van der Waals surface area contributed by atoms with Crippen molar-refractivity contribution < 1.29 is 9.59 Å². The van der Waals surface area contributed by atoms with Crippen LogP contribution in [0, 0.1) is 6.92 Å². The van der Waals surface area contributed by atoms with E-state index in [0.29, 0.717) is 32.6 Å². The lowest BCUT2D eigenvalue weighted by molar-refractivity contribution is -0.135. The Morgan fingerprint density at radius 2 is 1.95 bits per heavy atom. The number of H-pyrrole nitrogens is 1. The van der Waals surface area contributed by atoms with E-state index in [2.05, 4.69) is 24.0 Å². The predicted molar refractivity (Wildman–Crippen MR) is 85.6 cm³/mol. The van der Waals surface area contributed by atoms with Crippen LogP contribution in [0.3, 0.4) is 0 Å². The van der Waals surface area contributed by atoms with E-state index in [1.807, 2.05) is 17.0 Å². The standard InChI is InChI=1S/C17H21N3O2/c1-13-14(15-4-2-3-5-16(15)18-13)6-7-17(22)20-10-8-19(12-21)9-11-20/h2-5,12,18H,6-11H2,1H3. The average molecular weight is 299 g/mol. The summed E-state index contributed by atoms with van der Waals surface area (Å²) in [6, 6.07) is 8.20. The number of aromatic amines is 1. The van der Waals surface area contributed by atoms with Crippen LogP contribution in [-0.4, -0.2) is 53.3 Å². The number of hydrogen-bond acceptors (Lipinski definition) is 2. The summed E-state index contributed by atoms with van der Waals surface area (Å²) in [6.07, 6.45) is 2.13. The van der Waals surface area contributed by atoms with Crippen molar-refractivity contribution in [3.63, 3.8) is 0 Å². The van der Waals surface area contributed by atoms with E-state index in [1.165, 1.54) is 10.9 Å². The number of aryl methyl sites for hydroxylation is 2. The van der Waals surface area contributed by atoms with Gasteiger partial charge in [-0.15, -0.1) is 0 Å². The number of fused-ring (bicyclic) bond motifs is 1. The molecule has 1 aromatic carbocycles. The van der Waals surface area contributed by atoms with Crippen LogP contribution in [0.25, 0.3) is 10.9 Å². The van der Waals surface area contributed by atoms with Gasteiger partial charge in [-0.25, -0.2) is 0 Å². The van der Waals surface area contributed by atoms with Gasteiger partial charge in [-0.3, -0.25) is 9.59 Å². The molecule has 5 nitrogen and oxygen atoms in total. The number of nitrogens with one attached hydrogen (secondary N) is 1. The molecule has 0 unspecified atom stereocenters. The molecule has 116 valence electrons. The Morgan fingerprint density at radius 3 is 2.68 bits per heavy atom. The van der Waals surface area contributed by atoms with Crippen molar-refractivity contribution in [2.45, 2.75) is 19.8 Å². The third-order valence-electron chi connectivity index (χ3n) is 4.43. The highest BCUT2D eigenvalue weighted by molar-refractivity contribution is 5.85. The minimum atomic E-state index is 0.176. The highest BCUT2D eigenvalue weighted by Gasteiger charge is 2.20. The zero-order chi connectivity index (χ0) is 15.5. The van der Waals surface area contributed by atoms with Crippen LogP contribution in [0.1, 0.15) is 17.7 Å². The smallest absolute Gasteiger partial charge is 0.223 e. The summed E-state index contributed by atoms with van der Waals surface area (Å²) in [5.74, 6) is 0.176. The van der Waals surface area contributed by atoms with Crippen molar-refractivity contribution in [2.24, 2.45) is 0 Å². The van der Waals surface area contributed by atoms with Gasteiger partial charge in [0, 0.05) is 49.2 Å². The maximum atomic E-state index is 12.3. The monoisotopic (exact) mass is 299 g/mol. The number of benzene rings is 1. The Bertz CT molecular complexity index is 684. The number of nitrogens with zero attached hydrogens (tertiary/aromatic N) is 2. The minimum Gasteiger partial charge on any atom is -0.358 e. The van der Waals surface area contributed by atoms with Gasteiger partial charge in [-0.05, 0) is 25.0 Å². The topological polar surface area (TPSA) is 56.4 Å². The van der Waals surface area contributed by atoms with Crippen molar-refractivity contribution in [1.82, 2.24) is 14.8 Å². The Hall–Kier alpha value is -2.30. The molecule has 2 aromatic rings. The van der Waals surface area contributed by atoms with E-state index < -0.39 is 0 Å². The summed E-state index contributed by atoms with van der Waals surface area (Å²) in [6.45, 7) is 4.63. The first kappa shape index (κ1) is 14.6. The van der Waals surface area contributed by atoms with Gasteiger partial charge in [-0.1, -0.05) is 18.2 Å². The number of para-hydroxylation sites is 1. The fraction of sp³-hybridized carbons (Fsp3) is 0.412. The summed E-state index contributed by atoms with van der Waals surface area (Å²) in [7, 11) is 0. The van der Waals surface area contributed by atoms with Crippen LogP contribution < -0.4 is 0 Å². The van der Waals surface area contributed by atoms with Crippen LogP contribution in [-0.2, 0) is 16.0 Å². The first-order valence-electron chi connectivity index (χ1n) is 7.72. The number of rotatable bonds is 4. The molecule has 0 saturated carbocycles. The maximum Gasteiger partial charge on any atom is 0.223 e. The average Bonchev–Trinajstić information content (AvgIpc) is 2.88. The van der Waals surface area contributed by atoms with Crippen molar-refractivity contribution >= 4 is 23.2 Å². The van der Waals surface area contributed by atoms with Crippen molar-refractivity contribution in [3.8, 4) is 0 Å². The summed E-state index contributed by atoms with van der Waals surface area (Å²) >= 11 is 0. The highest BCUT2D eigenvalue weighted by Crippen LogP contribution is 2.23. The van der Waals surface area contributed by atoms with Crippen LogP contribution in [0.4, 0.5) is 0 Å². The molecule has 0 radical (unpaired) electrons. The Balaban J connectivity index is 1.63. The Labute approximate surface area is 129 Å². The molecular formula is C17H21N3O2. The van der Waals surface area contributed by atoms with Crippen molar-refractivity contribution in [1.29, 1.82) is 0 Å². The normalized spacial score (nSPS) is 15.3. The van der Waals surface area contributed by atoms with Crippen LogP contribution in [0.15, 0.2) is 24.3 Å². The first-order chi connectivity index (χ1) is 10.7. The predicted octanol–water partition coefficient (Wildman–Crippen LogP) is 1.71. The number of piperazine rings is 1. The van der Waals surface area contributed by atoms with Crippen molar-refractivity contribution in [2.75, 3.05) is 26.2 Å². The van der Waals surface area contributed by atoms with Gasteiger partial charge < -0.3 is 14.8 Å². The second kappa shape index (κ2) is 6.22. The molecule has 22 heavy (non-hydrogen) atoms. The second-order valence-electron chi connectivity index (χ2n) is 5.80. The molecule has 1 aliphatic heterocycles. The molecule has 1 aliphatic rings. The molecule has 0 atom stereocenters. The van der Waals surface area contributed by atoms with Gasteiger partial charge in [0.2, 0.25) is 12.3 Å². The van der Waals surface area contributed by atoms with E-state index in [-0.39, 0.29) is 5.91 Å². The lowest BCUT2D eigenvalue weighted by Gasteiger charge is -2.32. The summed E-state index contributed by atoms with van der Waals surface area (Å²) < 4.78 is 0. The van der Waals surface area contributed by atoms with Gasteiger partial charge in [-0.2, -0.15) is 0 Å². The van der Waals surface area contributed by atoms with Crippen LogP contribution >= 0.6 is 0 Å². The number of hydrogen-bond donors (Lipinski definition) is 1. The molecule has 0 aliphatic carbocycles. The number of amides is 2. The third-order valence-corrected chi connectivity index (χ3v) is 4.43. The second-order valence-corrected chi connectivity index (χ2v) is 5.80. The molecular weight excluding hydrogens is 278 g/mol. The first-order valence-corrected chi connectivity index (χ1v) is 7.72. The molecule has 1 fully saturated rings. The zero-order valence-electron chi connectivity index (χ0n) is 12.8. The summed E-state index contributed by atoms with van der Waals surface area (Å²) in [4.78, 5) is 30.0. The largest absolute Gasteiger partial charge is 0.358 e. The lowest BCUT2D eigenvalue weighted by atomic mass is 10.1. The minimum absolute atomic E-state index is 0.176. The highest BCUT2D eigenvalue weighted by atomic mass is 16.2.